The van der Waals surface area contributed by atoms with Gasteiger partial charge < -0.3 is 10.3 Å². The molecule has 0 atom stereocenters. The number of H-pyrrole nitrogens is 1. The first-order valence-electron chi connectivity index (χ1n) is 9.07. The number of nitrogens with one attached hydrogen (secondary N) is 2. The number of hydrogen-bond donors (Lipinski definition) is 2. The first-order chi connectivity index (χ1) is 13.7. The minimum absolute atomic E-state index is 0.00689. The predicted octanol–water partition coefficient (Wildman–Crippen LogP) is 3.49. The van der Waals surface area contributed by atoms with Crippen molar-refractivity contribution in [3.8, 4) is 0 Å². The van der Waals surface area contributed by atoms with Gasteiger partial charge in [-0.15, -0.1) is 0 Å². The summed E-state index contributed by atoms with van der Waals surface area (Å²) < 4.78 is 0. The lowest BCUT2D eigenvalue weighted by atomic mass is 9.91. The molecule has 5 nitrogen and oxygen atoms in total. The van der Waals surface area contributed by atoms with E-state index < -0.39 is 5.91 Å². The molecule has 138 valence electrons. The first kappa shape index (κ1) is 17.7. The number of carbonyl (C=O) groups excluding carboxylic acids is 1. The van der Waals surface area contributed by atoms with Crippen LogP contribution >= 0.6 is 0 Å². The third-order valence-electron chi connectivity index (χ3n) is 4.80. The Balaban J connectivity index is 1.60. The van der Waals surface area contributed by atoms with Crippen LogP contribution in [0.3, 0.4) is 0 Å². The molecule has 2 N–H and O–H groups in total. The van der Waals surface area contributed by atoms with Crippen LogP contribution in [-0.4, -0.2) is 22.4 Å². The van der Waals surface area contributed by atoms with Crippen molar-refractivity contribution in [2.45, 2.75) is 5.92 Å². The van der Waals surface area contributed by atoms with Crippen molar-refractivity contribution in [1.82, 2.24) is 15.3 Å². The Bertz CT molecular complexity index is 1120. The summed E-state index contributed by atoms with van der Waals surface area (Å²) in [6.07, 6.45) is 4.53. The van der Waals surface area contributed by atoms with Gasteiger partial charge in [-0.3, -0.25) is 14.6 Å². The number of rotatable bonds is 5. The summed E-state index contributed by atoms with van der Waals surface area (Å²) in [6.45, 7) is 0.386. The molecule has 0 aliphatic carbocycles. The largest absolute Gasteiger partial charge is 0.360 e. The maximum Gasteiger partial charge on any atom is 0.256 e. The van der Waals surface area contributed by atoms with Gasteiger partial charge in [0.15, 0.2) is 0 Å². The highest BCUT2D eigenvalue weighted by Crippen LogP contribution is 2.23. The molecule has 4 rings (SSSR count). The van der Waals surface area contributed by atoms with Crippen LogP contribution in [0.1, 0.15) is 27.4 Å². The van der Waals surface area contributed by atoms with E-state index in [-0.39, 0.29) is 16.9 Å². The van der Waals surface area contributed by atoms with Crippen LogP contribution in [0.5, 0.6) is 0 Å². The molecule has 2 aromatic heterocycles. The Morgan fingerprint density at radius 1 is 0.964 bits per heavy atom. The Labute approximate surface area is 162 Å². The minimum atomic E-state index is -0.399. The quantitative estimate of drug-likeness (QED) is 0.565. The zero-order valence-corrected chi connectivity index (χ0v) is 15.1. The summed E-state index contributed by atoms with van der Waals surface area (Å²) in [6, 6.07) is 21.7. The molecule has 0 aliphatic rings. The second-order valence-corrected chi connectivity index (χ2v) is 6.54. The van der Waals surface area contributed by atoms with Crippen LogP contribution in [0.2, 0.25) is 0 Å². The minimum Gasteiger partial charge on any atom is -0.360 e. The van der Waals surface area contributed by atoms with Crippen molar-refractivity contribution in [3.63, 3.8) is 0 Å². The van der Waals surface area contributed by atoms with Crippen LogP contribution in [0.15, 0.2) is 90.1 Å². The smallest absolute Gasteiger partial charge is 0.256 e. The fraction of sp³-hybridized carbons (Fsp3) is 0.0870. The zero-order chi connectivity index (χ0) is 19.3. The van der Waals surface area contributed by atoms with Crippen molar-refractivity contribution in [2.24, 2.45) is 0 Å². The topological polar surface area (TPSA) is 74.8 Å². The third kappa shape index (κ3) is 3.55. The van der Waals surface area contributed by atoms with Gasteiger partial charge in [-0.05, 0) is 17.2 Å². The second-order valence-electron chi connectivity index (χ2n) is 6.54. The van der Waals surface area contributed by atoms with E-state index in [1.807, 2.05) is 60.7 Å². The van der Waals surface area contributed by atoms with Crippen molar-refractivity contribution < 1.29 is 4.79 Å². The van der Waals surface area contributed by atoms with Gasteiger partial charge in [0.25, 0.3) is 5.91 Å². The Hall–Kier alpha value is -3.73. The van der Waals surface area contributed by atoms with Gasteiger partial charge in [-0.2, -0.15) is 0 Å². The Morgan fingerprint density at radius 3 is 2.25 bits per heavy atom. The lowest BCUT2D eigenvalue weighted by molar-refractivity contribution is 0.0951. The summed E-state index contributed by atoms with van der Waals surface area (Å²) in [5.41, 5.74) is 2.62. The fourth-order valence-corrected chi connectivity index (χ4v) is 3.32. The van der Waals surface area contributed by atoms with E-state index in [0.717, 1.165) is 11.1 Å². The van der Waals surface area contributed by atoms with Crippen molar-refractivity contribution >= 4 is 16.8 Å². The molecule has 28 heavy (non-hydrogen) atoms. The van der Waals surface area contributed by atoms with Crippen LogP contribution in [0.25, 0.3) is 10.9 Å². The summed E-state index contributed by atoms with van der Waals surface area (Å²) in [5, 5.41) is 3.32. The number of aromatic nitrogens is 2. The number of fused-ring (bicyclic) bond motifs is 1. The molecule has 4 aromatic rings. The lowest BCUT2D eigenvalue weighted by Crippen LogP contribution is -2.32. The van der Waals surface area contributed by atoms with E-state index in [2.05, 4.69) is 15.3 Å². The number of carbonyl (C=O) groups is 1. The van der Waals surface area contributed by atoms with Crippen LogP contribution in [0.4, 0.5) is 0 Å². The molecule has 1 amide bonds. The fourth-order valence-electron chi connectivity index (χ4n) is 3.32. The predicted molar refractivity (Wildman–Crippen MR) is 109 cm³/mol. The molecule has 0 fully saturated rings. The molecule has 0 aliphatic heterocycles. The number of hydrogen-bond acceptors (Lipinski definition) is 3. The molecule has 0 unspecified atom stereocenters. The standard InChI is InChI=1S/C23H19N3O2/c27-22-19-13-24-12-11-21(19)25-15-20(22)23(28)26-14-18(16-7-3-1-4-8-16)17-9-5-2-6-10-17/h1-13,15,18H,14H2,(H,25,27)(H,26,28). The van der Waals surface area contributed by atoms with E-state index >= 15 is 0 Å². The Morgan fingerprint density at radius 2 is 1.61 bits per heavy atom. The van der Waals surface area contributed by atoms with Gasteiger partial charge in [0.1, 0.15) is 5.56 Å². The SMILES string of the molecule is O=C(NCC(c1ccccc1)c1ccccc1)c1c[nH]c2ccncc2c1=O. The second kappa shape index (κ2) is 7.88. The monoisotopic (exact) mass is 369 g/mol. The van der Waals surface area contributed by atoms with Gasteiger partial charge in [0.05, 0.1) is 10.9 Å². The van der Waals surface area contributed by atoms with Gasteiger partial charge in [0.2, 0.25) is 5.43 Å². The van der Waals surface area contributed by atoms with E-state index in [1.54, 1.807) is 12.3 Å². The number of amides is 1. The summed E-state index contributed by atoms with van der Waals surface area (Å²) in [5.74, 6) is -0.406. The van der Waals surface area contributed by atoms with Crippen molar-refractivity contribution in [3.05, 3.63) is 112 Å². The average Bonchev–Trinajstić information content (AvgIpc) is 2.76. The lowest BCUT2D eigenvalue weighted by Gasteiger charge is -2.19. The number of nitrogens with zero attached hydrogens (tertiary/aromatic N) is 1. The highest BCUT2D eigenvalue weighted by Gasteiger charge is 2.18. The van der Waals surface area contributed by atoms with Gasteiger partial charge in [-0.1, -0.05) is 60.7 Å². The van der Waals surface area contributed by atoms with Gasteiger partial charge >= 0.3 is 0 Å². The number of pyridine rings is 2. The summed E-state index contributed by atoms with van der Waals surface area (Å²) in [7, 11) is 0. The molecule has 2 aromatic carbocycles. The Kier molecular flexibility index (Phi) is 4.97. The molecular formula is C23H19N3O2. The highest BCUT2D eigenvalue weighted by molar-refractivity contribution is 5.97. The molecule has 0 radical (unpaired) electrons. The van der Waals surface area contributed by atoms with Crippen LogP contribution < -0.4 is 10.7 Å². The molecule has 0 saturated heterocycles. The van der Waals surface area contributed by atoms with E-state index in [4.69, 9.17) is 0 Å². The molecule has 0 saturated carbocycles. The van der Waals surface area contributed by atoms with Crippen LogP contribution in [0, 0.1) is 0 Å². The van der Waals surface area contributed by atoms with Crippen molar-refractivity contribution in [2.75, 3.05) is 6.54 Å². The number of benzene rings is 2. The zero-order valence-electron chi connectivity index (χ0n) is 15.1. The summed E-state index contributed by atoms with van der Waals surface area (Å²) >= 11 is 0. The van der Waals surface area contributed by atoms with E-state index in [0.29, 0.717) is 17.4 Å². The maximum atomic E-state index is 12.7. The maximum absolute atomic E-state index is 12.7. The van der Waals surface area contributed by atoms with Crippen LogP contribution in [-0.2, 0) is 0 Å². The number of aromatic amines is 1. The normalized spacial score (nSPS) is 10.9. The molecular weight excluding hydrogens is 350 g/mol. The molecule has 2 heterocycles. The third-order valence-corrected chi connectivity index (χ3v) is 4.80. The van der Waals surface area contributed by atoms with E-state index in [9.17, 15) is 9.59 Å². The summed E-state index contributed by atoms with van der Waals surface area (Å²) in [4.78, 5) is 32.3. The van der Waals surface area contributed by atoms with Gasteiger partial charge in [-0.25, -0.2) is 0 Å². The molecule has 5 heteroatoms. The van der Waals surface area contributed by atoms with Crippen molar-refractivity contribution in [1.29, 1.82) is 0 Å². The average molecular weight is 369 g/mol. The molecule has 0 bridgehead atoms. The molecule has 0 spiro atoms. The van der Waals surface area contributed by atoms with E-state index in [1.165, 1.54) is 12.4 Å². The van der Waals surface area contributed by atoms with Gasteiger partial charge in [0, 0.05) is 31.1 Å². The highest BCUT2D eigenvalue weighted by atomic mass is 16.2. The first-order valence-corrected chi connectivity index (χ1v) is 9.07.